The maximum Gasteiger partial charge on any atom is 0.341 e. The fraction of sp³-hybridized carbons (Fsp3) is 0.348. The highest BCUT2D eigenvalue weighted by atomic mass is 35.5. The van der Waals surface area contributed by atoms with Crippen LogP contribution >= 0.6 is 11.6 Å². The van der Waals surface area contributed by atoms with Gasteiger partial charge in [-0.25, -0.2) is 9.18 Å². The lowest BCUT2D eigenvalue weighted by atomic mass is 10.1. The van der Waals surface area contributed by atoms with E-state index >= 15 is 0 Å². The van der Waals surface area contributed by atoms with Crippen molar-refractivity contribution in [2.45, 2.75) is 19.0 Å². The number of halogens is 2. The molecule has 1 saturated heterocycles. The van der Waals surface area contributed by atoms with E-state index < -0.39 is 24.5 Å². The smallest absolute Gasteiger partial charge is 0.341 e. The first-order valence-electron chi connectivity index (χ1n) is 10.5. The number of amides is 2. The van der Waals surface area contributed by atoms with Crippen molar-refractivity contribution in [3.63, 3.8) is 0 Å². The SMILES string of the molecule is NC(=O)CC1CN(Cc2ccc(F)cc2)CCN1C(=O)COc1ccc(Cl)cc1OCC(=O)O. The van der Waals surface area contributed by atoms with Crippen molar-refractivity contribution < 1.29 is 33.4 Å². The minimum Gasteiger partial charge on any atom is -0.480 e. The molecule has 2 amide bonds. The summed E-state index contributed by atoms with van der Waals surface area (Å²) in [6, 6.07) is 10.1. The summed E-state index contributed by atoms with van der Waals surface area (Å²) >= 11 is 5.94. The average molecular weight is 494 g/mol. The number of carboxylic acids is 1. The topological polar surface area (TPSA) is 122 Å². The molecule has 1 atom stereocenters. The third-order valence-electron chi connectivity index (χ3n) is 5.25. The molecule has 0 saturated carbocycles. The third kappa shape index (κ3) is 7.32. The molecule has 0 spiro atoms. The van der Waals surface area contributed by atoms with Crippen LogP contribution in [0.25, 0.3) is 0 Å². The minimum atomic E-state index is -1.17. The van der Waals surface area contributed by atoms with Crippen molar-refractivity contribution in [3.8, 4) is 11.5 Å². The van der Waals surface area contributed by atoms with E-state index in [1.165, 1.54) is 30.3 Å². The second-order valence-corrected chi connectivity index (χ2v) is 8.27. The number of hydrogen-bond donors (Lipinski definition) is 2. The summed E-state index contributed by atoms with van der Waals surface area (Å²) in [5.74, 6) is -2.11. The van der Waals surface area contributed by atoms with Crippen LogP contribution in [0.2, 0.25) is 5.02 Å². The van der Waals surface area contributed by atoms with Crippen molar-refractivity contribution in [2.24, 2.45) is 5.73 Å². The zero-order valence-electron chi connectivity index (χ0n) is 18.3. The Morgan fingerprint density at radius 1 is 1.06 bits per heavy atom. The van der Waals surface area contributed by atoms with Gasteiger partial charge in [0.15, 0.2) is 24.7 Å². The Bertz CT molecular complexity index is 1040. The van der Waals surface area contributed by atoms with Gasteiger partial charge in [-0.3, -0.25) is 14.5 Å². The van der Waals surface area contributed by atoms with E-state index in [0.717, 1.165) is 5.56 Å². The average Bonchev–Trinajstić information content (AvgIpc) is 2.78. The Balaban J connectivity index is 1.63. The second-order valence-electron chi connectivity index (χ2n) is 7.84. The molecule has 0 radical (unpaired) electrons. The van der Waals surface area contributed by atoms with Crippen molar-refractivity contribution in [1.82, 2.24) is 9.80 Å². The lowest BCUT2D eigenvalue weighted by Gasteiger charge is -2.41. The van der Waals surface area contributed by atoms with Crippen LogP contribution in [0.5, 0.6) is 11.5 Å². The Kier molecular flexibility index (Phi) is 8.67. The standard InChI is InChI=1S/C23H25ClFN3O6/c24-16-3-6-19(20(9-16)34-14-23(31)32)33-13-22(30)28-8-7-27(12-18(28)10-21(26)29)11-15-1-4-17(25)5-2-15/h1-6,9,18H,7-8,10-14H2,(H2,26,29)(H,31,32). The Morgan fingerprint density at radius 3 is 2.44 bits per heavy atom. The van der Waals surface area contributed by atoms with Crippen LogP contribution in [-0.4, -0.2) is 71.6 Å². The maximum atomic E-state index is 13.2. The lowest BCUT2D eigenvalue weighted by Crippen LogP contribution is -2.56. The number of carboxylic acid groups (broad SMARTS) is 1. The summed E-state index contributed by atoms with van der Waals surface area (Å²) in [6.07, 6.45) is -0.0143. The number of primary amides is 1. The highest BCUT2D eigenvalue weighted by molar-refractivity contribution is 6.30. The van der Waals surface area contributed by atoms with Gasteiger partial charge in [-0.05, 0) is 29.8 Å². The first-order chi connectivity index (χ1) is 16.2. The minimum absolute atomic E-state index is 0.0143. The van der Waals surface area contributed by atoms with Crippen molar-refractivity contribution in [2.75, 3.05) is 32.8 Å². The molecule has 1 heterocycles. The molecule has 0 bridgehead atoms. The Hall–Kier alpha value is -3.37. The maximum absolute atomic E-state index is 13.2. The number of carbonyl (C=O) groups is 3. The zero-order chi connectivity index (χ0) is 24.7. The number of nitrogens with two attached hydrogens (primary N) is 1. The van der Waals surface area contributed by atoms with Crippen LogP contribution in [0.4, 0.5) is 4.39 Å². The van der Waals surface area contributed by atoms with E-state index in [0.29, 0.717) is 31.2 Å². The third-order valence-corrected chi connectivity index (χ3v) is 5.49. The first kappa shape index (κ1) is 25.3. The molecule has 3 rings (SSSR count). The van der Waals surface area contributed by atoms with E-state index in [9.17, 15) is 18.8 Å². The van der Waals surface area contributed by atoms with Gasteiger partial charge in [-0.15, -0.1) is 0 Å². The molecule has 1 fully saturated rings. The van der Waals surface area contributed by atoms with Gasteiger partial charge in [0, 0.05) is 43.7 Å². The molecule has 1 aliphatic rings. The summed E-state index contributed by atoms with van der Waals surface area (Å²) < 4.78 is 23.9. The van der Waals surface area contributed by atoms with Gasteiger partial charge in [0.1, 0.15) is 5.82 Å². The summed E-state index contributed by atoms with van der Waals surface area (Å²) in [5.41, 5.74) is 6.33. The highest BCUT2D eigenvalue weighted by Gasteiger charge is 2.32. The van der Waals surface area contributed by atoms with Crippen molar-refractivity contribution in [1.29, 1.82) is 0 Å². The quantitative estimate of drug-likeness (QED) is 0.518. The number of benzene rings is 2. The number of hydrogen-bond acceptors (Lipinski definition) is 6. The van der Waals surface area contributed by atoms with E-state index in [1.807, 2.05) is 0 Å². The molecule has 11 heteroatoms. The highest BCUT2D eigenvalue weighted by Crippen LogP contribution is 2.30. The van der Waals surface area contributed by atoms with Crippen LogP contribution in [0.3, 0.4) is 0 Å². The molecule has 34 heavy (non-hydrogen) atoms. The lowest BCUT2D eigenvalue weighted by molar-refractivity contribution is -0.141. The van der Waals surface area contributed by atoms with Crippen LogP contribution < -0.4 is 15.2 Å². The summed E-state index contributed by atoms with van der Waals surface area (Å²) in [7, 11) is 0. The largest absolute Gasteiger partial charge is 0.480 e. The molecular formula is C23H25ClFN3O6. The van der Waals surface area contributed by atoms with Gasteiger partial charge < -0.3 is 25.2 Å². The predicted octanol–water partition coefficient (Wildman–Crippen LogP) is 1.91. The molecule has 1 unspecified atom stereocenters. The molecule has 9 nitrogen and oxygen atoms in total. The molecule has 3 N–H and O–H groups in total. The molecule has 0 aromatic heterocycles. The fourth-order valence-corrected chi connectivity index (χ4v) is 3.88. The van der Waals surface area contributed by atoms with Gasteiger partial charge in [-0.1, -0.05) is 23.7 Å². The van der Waals surface area contributed by atoms with Gasteiger partial charge in [0.25, 0.3) is 5.91 Å². The van der Waals surface area contributed by atoms with Crippen LogP contribution in [-0.2, 0) is 20.9 Å². The predicted molar refractivity (Wildman–Crippen MR) is 121 cm³/mol. The van der Waals surface area contributed by atoms with Crippen LogP contribution in [0.15, 0.2) is 42.5 Å². The molecule has 1 aliphatic heterocycles. The summed E-state index contributed by atoms with van der Waals surface area (Å²) in [6.45, 7) is 0.916. The van der Waals surface area contributed by atoms with E-state index in [2.05, 4.69) is 4.90 Å². The fourth-order valence-electron chi connectivity index (χ4n) is 3.72. The Labute approximate surface area is 200 Å². The van der Waals surface area contributed by atoms with Crippen molar-refractivity contribution >= 4 is 29.4 Å². The van der Waals surface area contributed by atoms with Gasteiger partial charge >= 0.3 is 5.97 Å². The van der Waals surface area contributed by atoms with Gasteiger partial charge in [-0.2, -0.15) is 0 Å². The van der Waals surface area contributed by atoms with E-state index in [1.54, 1.807) is 17.0 Å². The molecule has 2 aromatic carbocycles. The monoisotopic (exact) mass is 493 g/mol. The number of aliphatic carboxylic acids is 1. The first-order valence-corrected chi connectivity index (χ1v) is 10.9. The number of rotatable bonds is 10. The number of piperazine rings is 1. The van der Waals surface area contributed by atoms with Crippen LogP contribution in [0, 0.1) is 5.82 Å². The van der Waals surface area contributed by atoms with Gasteiger partial charge in [0.05, 0.1) is 6.04 Å². The summed E-state index contributed by atoms with van der Waals surface area (Å²) in [4.78, 5) is 39.0. The van der Waals surface area contributed by atoms with Crippen LogP contribution in [0.1, 0.15) is 12.0 Å². The van der Waals surface area contributed by atoms with E-state index in [4.69, 9.17) is 31.9 Å². The molecule has 2 aromatic rings. The molecule has 182 valence electrons. The Morgan fingerprint density at radius 2 is 1.76 bits per heavy atom. The van der Waals surface area contributed by atoms with Crippen molar-refractivity contribution in [3.05, 3.63) is 58.9 Å². The molecule has 0 aliphatic carbocycles. The summed E-state index contributed by atoms with van der Waals surface area (Å²) in [5, 5.41) is 9.15. The second kappa shape index (κ2) is 11.7. The normalized spacial score (nSPS) is 16.2. The van der Waals surface area contributed by atoms with E-state index in [-0.39, 0.29) is 36.3 Å². The zero-order valence-corrected chi connectivity index (χ0v) is 19.0. The number of nitrogens with zero attached hydrogens (tertiary/aromatic N) is 2. The molecular weight excluding hydrogens is 469 g/mol. The number of ether oxygens (including phenoxy) is 2. The number of carbonyl (C=O) groups excluding carboxylic acids is 2. The van der Waals surface area contributed by atoms with Gasteiger partial charge in [0.2, 0.25) is 5.91 Å².